The Morgan fingerprint density at radius 2 is 2.43 bits per heavy atom. The minimum absolute atomic E-state index is 0.180. The molecule has 1 nitrogen and oxygen atoms in total. The quantitative estimate of drug-likeness (QED) is 0.721. The van der Waals surface area contributed by atoms with Crippen LogP contribution in [0.3, 0.4) is 0 Å². The molecule has 0 radical (unpaired) electrons. The Kier molecular flexibility index (Phi) is 5.37. The molecule has 0 spiro atoms. The highest BCUT2D eigenvalue weighted by Crippen LogP contribution is 2.10. The molecule has 0 amide bonds. The van der Waals surface area contributed by atoms with Crippen LogP contribution < -0.4 is 0 Å². The monoisotopic (exact) mass is 232 g/mol. The van der Waals surface area contributed by atoms with Crippen molar-refractivity contribution in [2.45, 2.75) is 6.42 Å². The summed E-state index contributed by atoms with van der Waals surface area (Å²) in [6.45, 7) is 0.180. The Morgan fingerprint density at radius 1 is 1.86 bits per heavy atom. The first kappa shape index (κ1) is 7.72. The van der Waals surface area contributed by atoms with Crippen LogP contribution in [0.1, 0.15) is 6.42 Å². The molecule has 0 saturated heterocycles. The lowest BCUT2D eigenvalue weighted by Crippen LogP contribution is -1.74. The Balaban J connectivity index is 3.08. The number of halogens is 2. The Hall–Kier alpha value is 0.720. The number of hydrogen-bond donors (Lipinski definition) is 1. The van der Waals surface area contributed by atoms with E-state index in [2.05, 4.69) is 0 Å². The molecule has 0 aromatic rings. The molecule has 0 aliphatic heterocycles. The summed E-state index contributed by atoms with van der Waals surface area (Å²) in [5.74, 6) is 0. The maximum Gasteiger partial charge on any atom is 0.0750 e. The molecule has 1 N–H and O–H groups in total. The number of rotatable bonds is 2. The third-order valence-corrected chi connectivity index (χ3v) is 1.02. The van der Waals surface area contributed by atoms with Crippen LogP contribution in [0.15, 0.2) is 9.12 Å². The fraction of sp³-hybridized carbons (Fsp3) is 0.500. The lowest BCUT2D eigenvalue weighted by atomic mass is 10.5. The first-order chi connectivity index (χ1) is 3.27. The summed E-state index contributed by atoms with van der Waals surface area (Å²) in [6, 6.07) is 0. The molecule has 0 rings (SSSR count). The number of aliphatic hydroxyl groups is 1. The van der Waals surface area contributed by atoms with Crippen molar-refractivity contribution in [3.05, 3.63) is 9.12 Å². The van der Waals surface area contributed by atoms with Gasteiger partial charge in [-0.05, 0) is 29.0 Å². The summed E-state index contributed by atoms with van der Waals surface area (Å²) in [4.78, 5) is 0. The Labute approximate surface area is 61.5 Å². The van der Waals surface area contributed by atoms with E-state index in [0.29, 0.717) is 9.46 Å². The summed E-state index contributed by atoms with van der Waals surface area (Å²) >= 11 is 7.37. The van der Waals surface area contributed by atoms with Gasteiger partial charge in [0.25, 0.3) is 0 Å². The summed E-state index contributed by atoms with van der Waals surface area (Å²) in [5, 5.41) is 8.21. The Bertz CT molecular complexity index is 68.1. The zero-order chi connectivity index (χ0) is 5.70. The molecule has 0 heterocycles. The number of hydrogen-bond acceptors (Lipinski definition) is 1. The van der Waals surface area contributed by atoms with E-state index in [1.165, 1.54) is 0 Å². The van der Waals surface area contributed by atoms with Crippen molar-refractivity contribution < 1.29 is 5.11 Å². The van der Waals surface area contributed by atoms with Crippen molar-refractivity contribution in [2.24, 2.45) is 0 Å². The predicted molar refractivity (Wildman–Crippen MR) is 39.7 cm³/mol. The average Bonchev–Trinajstić information content (AvgIpc) is 1.61. The predicted octanol–water partition coefficient (Wildman–Crippen LogP) is 1.88. The van der Waals surface area contributed by atoms with Gasteiger partial charge in [-0.3, -0.25) is 0 Å². The SMILES string of the molecule is OCC/C=C(\Cl)I. The van der Waals surface area contributed by atoms with Crippen LogP contribution in [-0.2, 0) is 0 Å². The second-order valence-electron chi connectivity index (χ2n) is 1.01. The van der Waals surface area contributed by atoms with Crippen molar-refractivity contribution >= 4 is 34.2 Å². The van der Waals surface area contributed by atoms with Crippen molar-refractivity contribution in [3.8, 4) is 0 Å². The van der Waals surface area contributed by atoms with Crippen molar-refractivity contribution in [1.82, 2.24) is 0 Å². The van der Waals surface area contributed by atoms with Gasteiger partial charge in [-0.2, -0.15) is 0 Å². The summed E-state index contributed by atoms with van der Waals surface area (Å²) in [6.07, 6.45) is 2.42. The van der Waals surface area contributed by atoms with Crippen molar-refractivity contribution in [3.63, 3.8) is 0 Å². The van der Waals surface area contributed by atoms with Gasteiger partial charge in [0.2, 0.25) is 0 Å². The Morgan fingerprint density at radius 3 is 2.57 bits per heavy atom. The van der Waals surface area contributed by atoms with E-state index in [-0.39, 0.29) is 6.61 Å². The van der Waals surface area contributed by atoms with E-state index in [0.717, 1.165) is 0 Å². The lowest BCUT2D eigenvalue weighted by molar-refractivity contribution is 0.302. The van der Waals surface area contributed by atoms with E-state index in [1.54, 1.807) is 6.08 Å². The van der Waals surface area contributed by atoms with Gasteiger partial charge < -0.3 is 5.11 Å². The minimum Gasteiger partial charge on any atom is -0.396 e. The fourth-order valence-electron chi connectivity index (χ4n) is 0.174. The molecule has 0 aliphatic rings. The number of aliphatic hydroxyl groups excluding tert-OH is 1. The first-order valence-corrected chi connectivity index (χ1v) is 3.35. The minimum atomic E-state index is 0.180. The maximum absolute atomic E-state index is 8.21. The largest absolute Gasteiger partial charge is 0.396 e. The van der Waals surface area contributed by atoms with Gasteiger partial charge in [0.1, 0.15) is 0 Å². The molecule has 0 unspecified atom stereocenters. The van der Waals surface area contributed by atoms with Gasteiger partial charge in [0, 0.05) is 6.61 Å². The molecule has 0 fully saturated rings. The van der Waals surface area contributed by atoms with Gasteiger partial charge in [0.05, 0.1) is 3.04 Å². The van der Waals surface area contributed by atoms with Crippen LogP contribution >= 0.6 is 34.2 Å². The van der Waals surface area contributed by atoms with E-state index < -0.39 is 0 Å². The van der Waals surface area contributed by atoms with Crippen LogP contribution in [0.5, 0.6) is 0 Å². The molecule has 0 aromatic heterocycles. The first-order valence-electron chi connectivity index (χ1n) is 1.89. The molecule has 0 atom stereocenters. The normalized spacial score (nSPS) is 12.1. The van der Waals surface area contributed by atoms with E-state index in [4.69, 9.17) is 16.7 Å². The zero-order valence-corrected chi connectivity index (χ0v) is 6.61. The molecule has 7 heavy (non-hydrogen) atoms. The fourth-order valence-corrected chi connectivity index (χ4v) is 0.594. The zero-order valence-electron chi connectivity index (χ0n) is 3.69. The molecule has 0 bridgehead atoms. The highest BCUT2D eigenvalue weighted by Gasteiger charge is 1.78. The van der Waals surface area contributed by atoms with Crippen molar-refractivity contribution in [2.75, 3.05) is 6.61 Å². The second-order valence-corrected chi connectivity index (χ2v) is 3.21. The maximum atomic E-state index is 8.21. The van der Waals surface area contributed by atoms with E-state index >= 15 is 0 Å². The van der Waals surface area contributed by atoms with Crippen LogP contribution in [0.4, 0.5) is 0 Å². The summed E-state index contributed by atoms with van der Waals surface area (Å²) in [5.41, 5.74) is 0. The molecule has 0 saturated carbocycles. The van der Waals surface area contributed by atoms with Gasteiger partial charge in [0.15, 0.2) is 0 Å². The molecular formula is C4H6ClIO. The van der Waals surface area contributed by atoms with Crippen LogP contribution in [0.2, 0.25) is 0 Å². The molecule has 3 heteroatoms. The molecule has 0 aromatic carbocycles. The van der Waals surface area contributed by atoms with Crippen LogP contribution in [-0.4, -0.2) is 11.7 Å². The summed E-state index contributed by atoms with van der Waals surface area (Å²) < 4.78 is 0.714. The molecular weight excluding hydrogens is 226 g/mol. The third kappa shape index (κ3) is 6.72. The molecule has 0 aliphatic carbocycles. The van der Waals surface area contributed by atoms with Gasteiger partial charge in [-0.15, -0.1) is 0 Å². The summed E-state index contributed by atoms with van der Waals surface area (Å²) in [7, 11) is 0. The van der Waals surface area contributed by atoms with E-state index in [9.17, 15) is 0 Å². The topological polar surface area (TPSA) is 20.2 Å². The van der Waals surface area contributed by atoms with Gasteiger partial charge in [-0.1, -0.05) is 17.7 Å². The lowest BCUT2D eigenvalue weighted by Gasteiger charge is -1.81. The molecule has 42 valence electrons. The smallest absolute Gasteiger partial charge is 0.0750 e. The average molecular weight is 232 g/mol. The highest BCUT2D eigenvalue weighted by molar-refractivity contribution is 14.1. The highest BCUT2D eigenvalue weighted by atomic mass is 127. The van der Waals surface area contributed by atoms with Gasteiger partial charge >= 0.3 is 0 Å². The van der Waals surface area contributed by atoms with Crippen LogP contribution in [0.25, 0.3) is 0 Å². The third-order valence-electron chi connectivity index (χ3n) is 0.428. The standard InChI is InChI=1S/C4H6ClIO/c5-4(6)2-1-3-7/h2,7H,1,3H2/b4-2+. The van der Waals surface area contributed by atoms with Crippen molar-refractivity contribution in [1.29, 1.82) is 0 Å². The van der Waals surface area contributed by atoms with Gasteiger partial charge in [-0.25, -0.2) is 0 Å². The van der Waals surface area contributed by atoms with Crippen LogP contribution in [0, 0.1) is 0 Å². The second kappa shape index (κ2) is 4.87. The van der Waals surface area contributed by atoms with E-state index in [1.807, 2.05) is 22.6 Å².